The van der Waals surface area contributed by atoms with Crippen molar-refractivity contribution in [2.24, 2.45) is 0 Å². The van der Waals surface area contributed by atoms with E-state index in [-0.39, 0.29) is 11.4 Å². The molecule has 1 aliphatic rings. The maximum Gasteiger partial charge on any atom is 0.404 e. The molecule has 1 N–H and O–H groups in total. The van der Waals surface area contributed by atoms with Crippen molar-refractivity contribution in [3.63, 3.8) is 0 Å². The number of rotatable bonds is 0. The molecule has 0 aliphatic carbocycles. The van der Waals surface area contributed by atoms with Crippen molar-refractivity contribution in [3.8, 4) is 0 Å². The molecule has 74 valence electrons. The smallest absolute Gasteiger partial charge is 0.310 e. The van der Waals surface area contributed by atoms with E-state index in [9.17, 15) is 18.0 Å². The first kappa shape index (κ1) is 8.92. The molecule has 0 aromatic carbocycles. The molecule has 2 heterocycles. The van der Waals surface area contributed by atoms with Crippen LogP contribution < -0.4 is 5.32 Å². The lowest BCUT2D eigenvalue weighted by Crippen LogP contribution is -2.27. The van der Waals surface area contributed by atoms with Gasteiger partial charge in [0.15, 0.2) is 5.92 Å². The second kappa shape index (κ2) is 2.66. The molecule has 14 heavy (non-hydrogen) atoms. The number of anilines is 1. The molecular weight excluding hydrogens is 199 g/mol. The zero-order valence-electron chi connectivity index (χ0n) is 6.67. The van der Waals surface area contributed by atoms with Gasteiger partial charge in [0.2, 0.25) is 5.91 Å². The number of nitrogens with zero attached hydrogens (tertiary/aromatic N) is 2. The Hall–Kier alpha value is -1.66. The lowest BCUT2D eigenvalue weighted by atomic mass is 10.0. The minimum Gasteiger partial charge on any atom is -0.310 e. The molecule has 0 saturated carbocycles. The summed E-state index contributed by atoms with van der Waals surface area (Å²) in [6, 6.07) is 0. The highest BCUT2D eigenvalue weighted by molar-refractivity contribution is 6.02. The highest BCUT2D eigenvalue weighted by Crippen LogP contribution is 2.41. The third-order valence-electron chi connectivity index (χ3n) is 1.88. The number of halogens is 3. The van der Waals surface area contributed by atoms with Crippen molar-refractivity contribution in [2.75, 3.05) is 5.32 Å². The molecule has 0 saturated heterocycles. The van der Waals surface area contributed by atoms with Crippen LogP contribution in [0.2, 0.25) is 0 Å². The Morgan fingerprint density at radius 2 is 2.14 bits per heavy atom. The van der Waals surface area contributed by atoms with Gasteiger partial charge < -0.3 is 5.32 Å². The summed E-state index contributed by atoms with van der Waals surface area (Å²) in [5.74, 6) is -3.31. The average Bonchev–Trinajstić information content (AvgIpc) is 2.38. The van der Waals surface area contributed by atoms with Crippen LogP contribution >= 0.6 is 0 Å². The molecule has 0 fully saturated rings. The fourth-order valence-electron chi connectivity index (χ4n) is 1.31. The topological polar surface area (TPSA) is 54.9 Å². The molecule has 0 bridgehead atoms. The number of fused-ring (bicyclic) bond motifs is 1. The number of carbonyl (C=O) groups excluding carboxylic acids is 1. The maximum absolute atomic E-state index is 12.4. The van der Waals surface area contributed by atoms with Crippen LogP contribution in [-0.4, -0.2) is 22.1 Å². The Morgan fingerprint density at radius 1 is 1.43 bits per heavy atom. The second-order valence-electron chi connectivity index (χ2n) is 2.79. The molecule has 1 aromatic heterocycles. The van der Waals surface area contributed by atoms with E-state index in [4.69, 9.17) is 0 Å². The standard InChI is InChI=1S/C7H4F3N3O/c8-7(9,10)4-3-1-11-2-12-5(3)13-6(4)14/h1-2,4H,(H,11,12,13,14). The Kier molecular flexibility index (Phi) is 1.70. The van der Waals surface area contributed by atoms with Crippen molar-refractivity contribution in [2.45, 2.75) is 12.1 Å². The first-order valence-electron chi connectivity index (χ1n) is 3.67. The Morgan fingerprint density at radius 3 is 2.79 bits per heavy atom. The lowest BCUT2D eigenvalue weighted by Gasteiger charge is -2.11. The van der Waals surface area contributed by atoms with Gasteiger partial charge in [0.25, 0.3) is 0 Å². The summed E-state index contributed by atoms with van der Waals surface area (Å²) in [6.45, 7) is 0. The van der Waals surface area contributed by atoms with Crippen molar-refractivity contribution >= 4 is 11.7 Å². The van der Waals surface area contributed by atoms with Gasteiger partial charge >= 0.3 is 6.18 Å². The van der Waals surface area contributed by atoms with Crippen LogP contribution in [0.25, 0.3) is 0 Å². The summed E-state index contributed by atoms with van der Waals surface area (Å²) < 4.78 is 37.1. The number of hydrogen-bond donors (Lipinski definition) is 1. The average molecular weight is 203 g/mol. The number of hydrogen-bond acceptors (Lipinski definition) is 3. The van der Waals surface area contributed by atoms with E-state index in [1.807, 2.05) is 5.32 Å². The van der Waals surface area contributed by atoms with Gasteiger partial charge in [-0.05, 0) is 0 Å². The minimum atomic E-state index is -4.60. The molecule has 1 aromatic rings. The van der Waals surface area contributed by atoms with Crippen LogP contribution in [0.3, 0.4) is 0 Å². The Labute approximate surface area is 76.2 Å². The predicted octanol–water partition coefficient (Wildman–Crippen LogP) is 1.07. The summed E-state index contributed by atoms with van der Waals surface area (Å²) in [4.78, 5) is 18.0. The fourth-order valence-corrected chi connectivity index (χ4v) is 1.31. The highest BCUT2D eigenvalue weighted by Gasteiger charge is 2.51. The van der Waals surface area contributed by atoms with E-state index < -0.39 is 18.0 Å². The van der Waals surface area contributed by atoms with Gasteiger partial charge in [0, 0.05) is 11.8 Å². The predicted molar refractivity (Wildman–Crippen MR) is 39.5 cm³/mol. The molecule has 7 heteroatoms. The molecule has 1 amide bonds. The van der Waals surface area contributed by atoms with Gasteiger partial charge in [-0.1, -0.05) is 0 Å². The van der Waals surface area contributed by atoms with Crippen LogP contribution in [0, 0.1) is 0 Å². The largest absolute Gasteiger partial charge is 0.404 e. The molecular formula is C7H4F3N3O. The van der Waals surface area contributed by atoms with Crippen molar-refractivity contribution < 1.29 is 18.0 Å². The summed E-state index contributed by atoms with van der Waals surface area (Å²) in [6.07, 6.45) is -2.52. The van der Waals surface area contributed by atoms with Crippen LogP contribution in [-0.2, 0) is 4.79 Å². The normalized spacial score (nSPS) is 20.5. The third-order valence-corrected chi connectivity index (χ3v) is 1.88. The van der Waals surface area contributed by atoms with E-state index in [1.54, 1.807) is 0 Å². The summed E-state index contributed by atoms with van der Waals surface area (Å²) in [5.41, 5.74) is -0.218. The highest BCUT2D eigenvalue weighted by atomic mass is 19.4. The van der Waals surface area contributed by atoms with Gasteiger partial charge in [-0.3, -0.25) is 4.79 Å². The Bertz CT molecular complexity index is 390. The van der Waals surface area contributed by atoms with Gasteiger partial charge in [-0.25, -0.2) is 9.97 Å². The minimum absolute atomic E-state index is 0.0627. The van der Waals surface area contributed by atoms with Crippen molar-refractivity contribution in [3.05, 3.63) is 18.1 Å². The lowest BCUT2D eigenvalue weighted by molar-refractivity contribution is -0.160. The van der Waals surface area contributed by atoms with Gasteiger partial charge in [0.1, 0.15) is 12.1 Å². The summed E-state index contributed by atoms with van der Waals surface area (Å²) >= 11 is 0. The van der Waals surface area contributed by atoms with E-state index in [2.05, 4.69) is 9.97 Å². The van der Waals surface area contributed by atoms with Crippen molar-refractivity contribution in [1.82, 2.24) is 9.97 Å². The molecule has 0 spiro atoms. The summed E-state index contributed by atoms with van der Waals surface area (Å²) in [7, 11) is 0. The van der Waals surface area contributed by atoms with E-state index in [0.717, 1.165) is 12.5 Å². The fraction of sp³-hybridized carbons (Fsp3) is 0.286. The summed E-state index contributed by atoms with van der Waals surface area (Å²) in [5, 5.41) is 2.04. The van der Waals surface area contributed by atoms with E-state index in [0.29, 0.717) is 0 Å². The van der Waals surface area contributed by atoms with Crippen LogP contribution in [0.5, 0.6) is 0 Å². The number of amides is 1. The third kappa shape index (κ3) is 1.21. The first-order chi connectivity index (χ1) is 6.50. The SMILES string of the molecule is O=C1Nc2ncncc2C1C(F)(F)F. The number of alkyl halides is 3. The molecule has 1 unspecified atom stereocenters. The quantitative estimate of drug-likeness (QED) is 0.686. The van der Waals surface area contributed by atoms with E-state index in [1.165, 1.54) is 0 Å². The molecule has 4 nitrogen and oxygen atoms in total. The van der Waals surface area contributed by atoms with Crippen LogP contribution in [0.4, 0.5) is 19.0 Å². The first-order valence-corrected chi connectivity index (χ1v) is 3.67. The zero-order chi connectivity index (χ0) is 10.3. The van der Waals surface area contributed by atoms with Crippen LogP contribution in [0.15, 0.2) is 12.5 Å². The molecule has 0 radical (unpaired) electrons. The van der Waals surface area contributed by atoms with Gasteiger partial charge in [-0.2, -0.15) is 13.2 Å². The van der Waals surface area contributed by atoms with Gasteiger partial charge in [-0.15, -0.1) is 0 Å². The zero-order valence-corrected chi connectivity index (χ0v) is 6.67. The van der Waals surface area contributed by atoms with E-state index >= 15 is 0 Å². The second-order valence-corrected chi connectivity index (χ2v) is 2.79. The number of nitrogens with one attached hydrogen (secondary N) is 1. The Balaban J connectivity index is 2.50. The van der Waals surface area contributed by atoms with Crippen LogP contribution in [0.1, 0.15) is 11.5 Å². The molecule has 1 atom stereocenters. The van der Waals surface area contributed by atoms with Crippen molar-refractivity contribution in [1.29, 1.82) is 0 Å². The van der Waals surface area contributed by atoms with Gasteiger partial charge in [0.05, 0.1) is 0 Å². The monoisotopic (exact) mass is 203 g/mol. The maximum atomic E-state index is 12.4. The molecule has 2 rings (SSSR count). The number of carbonyl (C=O) groups is 1. The number of aromatic nitrogens is 2. The molecule has 1 aliphatic heterocycles.